The molecule has 1 atom stereocenters. The number of hydrogen-bond acceptors (Lipinski definition) is 6. The summed E-state index contributed by atoms with van der Waals surface area (Å²) in [5.41, 5.74) is -0.0167. The first-order chi connectivity index (χ1) is 10.0. The van der Waals surface area contributed by atoms with E-state index >= 15 is 0 Å². The molecule has 0 aromatic carbocycles. The van der Waals surface area contributed by atoms with Gasteiger partial charge in [-0.15, -0.1) is 0 Å². The lowest BCUT2D eigenvalue weighted by Gasteiger charge is -2.22. The van der Waals surface area contributed by atoms with Crippen LogP contribution in [0.3, 0.4) is 0 Å². The molecule has 1 aromatic rings. The van der Waals surface area contributed by atoms with Gasteiger partial charge in [0.05, 0.1) is 4.92 Å². The molecule has 0 spiro atoms. The van der Waals surface area contributed by atoms with Gasteiger partial charge in [0.1, 0.15) is 6.20 Å². The third-order valence-electron chi connectivity index (χ3n) is 4.19. The molecule has 116 valence electrons. The van der Waals surface area contributed by atoms with Crippen molar-refractivity contribution in [2.45, 2.75) is 33.1 Å². The molecule has 0 amide bonds. The number of nitrogens with one attached hydrogen (secondary N) is 1. The number of nitro groups is 1. The maximum absolute atomic E-state index is 11.2. The molecule has 1 aromatic heterocycles. The average Bonchev–Trinajstić information content (AvgIpc) is 2.72. The van der Waals surface area contributed by atoms with Gasteiger partial charge < -0.3 is 10.2 Å². The highest BCUT2D eigenvalue weighted by atomic mass is 16.6. The van der Waals surface area contributed by atoms with Gasteiger partial charge in [0, 0.05) is 20.1 Å². The number of hydrogen-bond donors (Lipinski definition) is 1. The van der Waals surface area contributed by atoms with Crippen molar-refractivity contribution in [3.63, 3.8) is 0 Å². The molecule has 1 aliphatic rings. The predicted octanol–water partition coefficient (Wildman–Crippen LogP) is 2.69. The maximum Gasteiger partial charge on any atom is 0.329 e. The molecule has 1 aliphatic heterocycles. The quantitative estimate of drug-likeness (QED) is 0.678. The molecule has 0 radical (unpaired) electrons. The molecule has 0 saturated carbocycles. The normalized spacial score (nSPS) is 19.4. The third-order valence-corrected chi connectivity index (χ3v) is 4.19. The average molecular weight is 293 g/mol. The van der Waals surface area contributed by atoms with E-state index in [1.54, 1.807) is 7.05 Å². The first kappa shape index (κ1) is 15.5. The summed E-state index contributed by atoms with van der Waals surface area (Å²) in [5.74, 6) is 2.18. The van der Waals surface area contributed by atoms with Gasteiger partial charge in [0.25, 0.3) is 0 Å². The first-order valence-electron chi connectivity index (χ1n) is 7.47. The van der Waals surface area contributed by atoms with Crippen molar-refractivity contribution in [3.05, 3.63) is 16.3 Å². The number of aromatic nitrogens is 2. The van der Waals surface area contributed by atoms with Gasteiger partial charge in [-0.2, -0.15) is 4.98 Å². The first-order valence-corrected chi connectivity index (χ1v) is 7.47. The van der Waals surface area contributed by atoms with Gasteiger partial charge in [0.15, 0.2) is 0 Å². The smallest absolute Gasteiger partial charge is 0.329 e. The van der Waals surface area contributed by atoms with Crippen molar-refractivity contribution < 1.29 is 4.92 Å². The lowest BCUT2D eigenvalue weighted by atomic mass is 9.89. The zero-order chi connectivity index (χ0) is 15.4. The molecule has 1 unspecified atom stereocenters. The molecule has 1 fully saturated rings. The Morgan fingerprint density at radius 3 is 2.81 bits per heavy atom. The van der Waals surface area contributed by atoms with E-state index < -0.39 is 4.92 Å². The van der Waals surface area contributed by atoms with Crippen LogP contribution in [0.1, 0.15) is 33.1 Å². The molecule has 7 nitrogen and oxygen atoms in total. The topological polar surface area (TPSA) is 84.2 Å². The van der Waals surface area contributed by atoms with Crippen LogP contribution < -0.4 is 10.2 Å². The highest BCUT2D eigenvalue weighted by Gasteiger charge is 2.26. The van der Waals surface area contributed by atoms with E-state index in [4.69, 9.17) is 0 Å². The Labute approximate surface area is 124 Å². The highest BCUT2D eigenvalue weighted by Crippen LogP contribution is 2.31. The van der Waals surface area contributed by atoms with Gasteiger partial charge in [-0.3, -0.25) is 10.1 Å². The summed E-state index contributed by atoms with van der Waals surface area (Å²) in [7, 11) is 1.71. The SMILES string of the molecule is CNc1ncc([N+](=O)[O-])c(N2CCCC(C(C)C)CC2)n1. The molecule has 0 aliphatic carbocycles. The molecular formula is C14H23N5O2. The fraction of sp³-hybridized carbons (Fsp3) is 0.714. The molecule has 2 heterocycles. The van der Waals surface area contributed by atoms with Gasteiger partial charge >= 0.3 is 5.69 Å². The Hall–Kier alpha value is -1.92. The van der Waals surface area contributed by atoms with Crippen LogP contribution in [0.5, 0.6) is 0 Å². The minimum Gasteiger partial charge on any atom is -0.357 e. The van der Waals surface area contributed by atoms with Crippen LogP contribution >= 0.6 is 0 Å². The Balaban J connectivity index is 2.25. The second-order valence-electron chi connectivity index (χ2n) is 5.83. The van der Waals surface area contributed by atoms with E-state index in [1.807, 2.05) is 4.90 Å². The fourth-order valence-electron chi connectivity index (χ4n) is 2.85. The van der Waals surface area contributed by atoms with Crippen LogP contribution in [-0.2, 0) is 0 Å². The number of anilines is 2. The third kappa shape index (κ3) is 3.59. The maximum atomic E-state index is 11.2. The molecule has 2 rings (SSSR count). The minimum absolute atomic E-state index is 0.0167. The zero-order valence-electron chi connectivity index (χ0n) is 12.9. The van der Waals surface area contributed by atoms with Gasteiger partial charge in [0.2, 0.25) is 11.8 Å². The standard InChI is InChI=1S/C14H23N5O2/c1-10(2)11-5-4-7-18(8-6-11)13-12(19(20)21)9-16-14(15-3)17-13/h9-11H,4-8H2,1-3H3,(H,15,16,17). The second kappa shape index (κ2) is 6.69. The van der Waals surface area contributed by atoms with Crippen molar-refractivity contribution in [2.75, 3.05) is 30.4 Å². The molecule has 1 N–H and O–H groups in total. The zero-order valence-corrected chi connectivity index (χ0v) is 12.9. The van der Waals surface area contributed by atoms with E-state index in [0.29, 0.717) is 23.6 Å². The van der Waals surface area contributed by atoms with Crippen molar-refractivity contribution in [3.8, 4) is 0 Å². The molecular weight excluding hydrogens is 270 g/mol. The van der Waals surface area contributed by atoms with Crippen molar-refractivity contribution >= 4 is 17.5 Å². The Morgan fingerprint density at radius 2 is 2.19 bits per heavy atom. The van der Waals surface area contributed by atoms with Crippen LogP contribution in [0.4, 0.5) is 17.5 Å². The van der Waals surface area contributed by atoms with Crippen LogP contribution in [0.25, 0.3) is 0 Å². The summed E-state index contributed by atoms with van der Waals surface area (Å²) in [6.45, 7) is 6.10. The van der Waals surface area contributed by atoms with E-state index in [0.717, 1.165) is 25.9 Å². The summed E-state index contributed by atoms with van der Waals surface area (Å²) in [4.78, 5) is 21.1. The Morgan fingerprint density at radius 1 is 1.43 bits per heavy atom. The highest BCUT2D eigenvalue weighted by molar-refractivity contribution is 5.58. The Bertz CT molecular complexity index is 506. The molecule has 0 bridgehead atoms. The minimum atomic E-state index is -0.403. The van der Waals surface area contributed by atoms with Crippen LogP contribution in [0, 0.1) is 22.0 Å². The van der Waals surface area contributed by atoms with E-state index in [2.05, 4.69) is 29.1 Å². The fourth-order valence-corrected chi connectivity index (χ4v) is 2.85. The molecule has 21 heavy (non-hydrogen) atoms. The van der Waals surface area contributed by atoms with Crippen molar-refractivity contribution in [2.24, 2.45) is 11.8 Å². The molecule has 1 saturated heterocycles. The van der Waals surface area contributed by atoms with E-state index in [1.165, 1.54) is 12.6 Å². The summed E-state index contributed by atoms with van der Waals surface area (Å²) in [5, 5.41) is 14.0. The summed E-state index contributed by atoms with van der Waals surface area (Å²) in [6, 6.07) is 0. The second-order valence-corrected chi connectivity index (χ2v) is 5.83. The van der Waals surface area contributed by atoms with Crippen molar-refractivity contribution in [1.82, 2.24) is 9.97 Å². The van der Waals surface area contributed by atoms with Crippen LogP contribution in [0.2, 0.25) is 0 Å². The largest absolute Gasteiger partial charge is 0.357 e. The molecule has 7 heteroatoms. The number of rotatable bonds is 4. The summed E-state index contributed by atoms with van der Waals surface area (Å²) in [6.07, 6.45) is 4.55. The lowest BCUT2D eigenvalue weighted by molar-refractivity contribution is -0.384. The predicted molar refractivity (Wildman–Crippen MR) is 82.6 cm³/mol. The Kier molecular flexibility index (Phi) is 4.93. The summed E-state index contributed by atoms with van der Waals surface area (Å²) < 4.78 is 0. The number of nitrogens with zero attached hydrogens (tertiary/aromatic N) is 4. The van der Waals surface area contributed by atoms with Gasteiger partial charge in [-0.1, -0.05) is 13.8 Å². The van der Waals surface area contributed by atoms with E-state index in [9.17, 15) is 10.1 Å². The summed E-state index contributed by atoms with van der Waals surface area (Å²) >= 11 is 0. The van der Waals surface area contributed by atoms with Gasteiger partial charge in [-0.25, -0.2) is 4.98 Å². The monoisotopic (exact) mass is 293 g/mol. The van der Waals surface area contributed by atoms with E-state index in [-0.39, 0.29) is 5.69 Å². The van der Waals surface area contributed by atoms with Crippen molar-refractivity contribution in [1.29, 1.82) is 0 Å². The van der Waals surface area contributed by atoms with Gasteiger partial charge in [-0.05, 0) is 31.1 Å². The van der Waals surface area contributed by atoms with Crippen LogP contribution in [-0.4, -0.2) is 35.0 Å². The van der Waals surface area contributed by atoms with Crippen LogP contribution in [0.15, 0.2) is 6.20 Å². The lowest BCUT2D eigenvalue weighted by Crippen LogP contribution is -2.26.